The molecule has 0 fully saturated rings. The van der Waals surface area contributed by atoms with Crippen LogP contribution < -0.4 is 0 Å². The van der Waals surface area contributed by atoms with E-state index in [4.69, 9.17) is 0 Å². The van der Waals surface area contributed by atoms with Gasteiger partial charge < -0.3 is 4.90 Å². The predicted octanol–water partition coefficient (Wildman–Crippen LogP) is 4.30. The van der Waals surface area contributed by atoms with Crippen LogP contribution in [0.1, 0.15) is 42.6 Å². The van der Waals surface area contributed by atoms with Gasteiger partial charge >= 0.3 is 0 Å². The minimum absolute atomic E-state index is 0.0894. The Balaban J connectivity index is 3.19. The van der Waals surface area contributed by atoms with Crippen LogP contribution in [0.3, 0.4) is 0 Å². The van der Waals surface area contributed by atoms with Crippen LogP contribution in [0.25, 0.3) is 5.57 Å². The SMILES string of the molecule is CCC/C(=C\C(=NC)C(C)(F)F)c1ccc(C(=O)N(C)C)cc1. The molecule has 0 aliphatic heterocycles. The van der Waals surface area contributed by atoms with Crippen LogP contribution in [0.5, 0.6) is 0 Å². The van der Waals surface area contributed by atoms with Crippen molar-refractivity contribution in [3.63, 3.8) is 0 Å². The number of aliphatic imine (C=N–C) groups is 1. The highest BCUT2D eigenvalue weighted by molar-refractivity contribution is 6.05. The van der Waals surface area contributed by atoms with E-state index in [-0.39, 0.29) is 11.6 Å². The van der Waals surface area contributed by atoms with Crippen LogP contribution in [0, 0.1) is 0 Å². The van der Waals surface area contributed by atoms with Gasteiger partial charge in [-0.15, -0.1) is 0 Å². The fourth-order valence-electron chi connectivity index (χ4n) is 2.21. The first-order valence-corrected chi connectivity index (χ1v) is 7.58. The average molecular weight is 322 g/mol. The second-order valence-electron chi connectivity index (χ2n) is 5.69. The van der Waals surface area contributed by atoms with E-state index in [0.717, 1.165) is 24.5 Å². The Morgan fingerprint density at radius 3 is 2.13 bits per heavy atom. The van der Waals surface area contributed by atoms with Crippen LogP contribution in [-0.4, -0.2) is 43.6 Å². The van der Waals surface area contributed by atoms with Crippen molar-refractivity contribution >= 4 is 17.2 Å². The number of alkyl halides is 2. The lowest BCUT2D eigenvalue weighted by atomic mass is 9.97. The summed E-state index contributed by atoms with van der Waals surface area (Å²) in [6, 6.07) is 7.01. The maximum atomic E-state index is 13.5. The molecule has 0 bridgehead atoms. The van der Waals surface area contributed by atoms with Crippen molar-refractivity contribution in [2.24, 2.45) is 4.99 Å². The van der Waals surface area contributed by atoms with Crippen molar-refractivity contribution < 1.29 is 13.6 Å². The van der Waals surface area contributed by atoms with E-state index in [0.29, 0.717) is 12.0 Å². The van der Waals surface area contributed by atoms with Crippen molar-refractivity contribution in [2.75, 3.05) is 21.1 Å². The van der Waals surface area contributed by atoms with Gasteiger partial charge in [-0.05, 0) is 35.8 Å². The second kappa shape index (κ2) is 7.99. The van der Waals surface area contributed by atoms with Gasteiger partial charge in [-0.1, -0.05) is 25.5 Å². The van der Waals surface area contributed by atoms with E-state index < -0.39 is 5.92 Å². The van der Waals surface area contributed by atoms with Crippen LogP contribution in [0.15, 0.2) is 35.3 Å². The number of halogens is 2. The highest BCUT2D eigenvalue weighted by atomic mass is 19.3. The van der Waals surface area contributed by atoms with E-state index in [9.17, 15) is 13.6 Å². The minimum atomic E-state index is -2.98. The summed E-state index contributed by atoms with van der Waals surface area (Å²) in [5.41, 5.74) is 1.94. The summed E-state index contributed by atoms with van der Waals surface area (Å²) in [6.07, 6.45) is 2.94. The summed E-state index contributed by atoms with van der Waals surface area (Å²) in [5, 5.41) is 0. The Labute approximate surface area is 136 Å². The van der Waals surface area contributed by atoms with Crippen molar-refractivity contribution in [2.45, 2.75) is 32.6 Å². The number of nitrogens with zero attached hydrogens (tertiary/aromatic N) is 2. The van der Waals surface area contributed by atoms with Gasteiger partial charge in [-0.2, -0.15) is 8.78 Å². The lowest BCUT2D eigenvalue weighted by Gasteiger charge is -2.14. The van der Waals surface area contributed by atoms with Crippen LogP contribution in [-0.2, 0) is 0 Å². The van der Waals surface area contributed by atoms with Gasteiger partial charge in [0.1, 0.15) is 5.71 Å². The number of hydrogen-bond donors (Lipinski definition) is 0. The van der Waals surface area contributed by atoms with Gasteiger partial charge in [0.05, 0.1) is 0 Å². The molecule has 0 N–H and O–H groups in total. The number of carbonyl (C=O) groups excluding carboxylic acids is 1. The first-order chi connectivity index (χ1) is 10.7. The Morgan fingerprint density at radius 2 is 1.74 bits per heavy atom. The molecule has 0 saturated carbocycles. The van der Waals surface area contributed by atoms with Gasteiger partial charge in [-0.3, -0.25) is 9.79 Å². The van der Waals surface area contributed by atoms with Crippen molar-refractivity contribution in [3.05, 3.63) is 41.5 Å². The third-order valence-corrected chi connectivity index (χ3v) is 3.43. The molecule has 1 amide bonds. The molecule has 1 rings (SSSR count). The fourth-order valence-corrected chi connectivity index (χ4v) is 2.21. The number of hydrogen-bond acceptors (Lipinski definition) is 2. The molecule has 126 valence electrons. The molecule has 0 atom stereocenters. The highest BCUT2D eigenvalue weighted by Crippen LogP contribution is 2.24. The largest absolute Gasteiger partial charge is 0.345 e. The summed E-state index contributed by atoms with van der Waals surface area (Å²) < 4.78 is 27.1. The maximum Gasteiger partial charge on any atom is 0.286 e. The first-order valence-electron chi connectivity index (χ1n) is 7.58. The van der Waals surface area contributed by atoms with Crippen molar-refractivity contribution in [3.8, 4) is 0 Å². The van der Waals surface area contributed by atoms with E-state index >= 15 is 0 Å². The van der Waals surface area contributed by atoms with Gasteiger partial charge in [0.25, 0.3) is 11.8 Å². The van der Waals surface area contributed by atoms with Crippen LogP contribution >= 0.6 is 0 Å². The second-order valence-corrected chi connectivity index (χ2v) is 5.69. The summed E-state index contributed by atoms with van der Waals surface area (Å²) >= 11 is 0. The number of amides is 1. The molecule has 0 spiro atoms. The Hall–Kier alpha value is -2.04. The van der Waals surface area contributed by atoms with E-state index in [1.165, 1.54) is 18.0 Å². The Morgan fingerprint density at radius 1 is 1.22 bits per heavy atom. The zero-order valence-corrected chi connectivity index (χ0v) is 14.4. The summed E-state index contributed by atoms with van der Waals surface area (Å²) in [5.74, 6) is -3.07. The number of benzene rings is 1. The number of allylic oxidation sites excluding steroid dienone is 2. The summed E-state index contributed by atoms with van der Waals surface area (Å²) in [7, 11) is 4.74. The average Bonchev–Trinajstić information content (AvgIpc) is 2.49. The summed E-state index contributed by atoms with van der Waals surface area (Å²) in [4.78, 5) is 17.1. The molecule has 0 radical (unpaired) electrons. The van der Waals surface area contributed by atoms with E-state index in [2.05, 4.69) is 4.99 Å². The molecule has 1 aromatic rings. The molecule has 0 aliphatic rings. The minimum Gasteiger partial charge on any atom is -0.345 e. The Kier molecular flexibility index (Phi) is 6.61. The molecular formula is C18H24F2N2O. The van der Waals surface area contributed by atoms with Crippen molar-refractivity contribution in [1.82, 2.24) is 4.90 Å². The molecule has 5 heteroatoms. The summed E-state index contributed by atoms with van der Waals surface area (Å²) in [6.45, 7) is 2.83. The third kappa shape index (κ3) is 5.27. The van der Waals surface area contributed by atoms with Crippen LogP contribution in [0.4, 0.5) is 8.78 Å². The third-order valence-electron chi connectivity index (χ3n) is 3.43. The molecule has 0 heterocycles. The highest BCUT2D eigenvalue weighted by Gasteiger charge is 2.27. The quantitative estimate of drug-likeness (QED) is 0.719. The molecule has 1 aromatic carbocycles. The normalized spacial score (nSPS) is 13.2. The topological polar surface area (TPSA) is 32.7 Å². The maximum absolute atomic E-state index is 13.5. The van der Waals surface area contributed by atoms with E-state index in [1.54, 1.807) is 38.4 Å². The standard InChI is InChI=1S/C18H24F2N2O/c1-6-7-15(12-16(21-3)18(2,19)20)13-8-10-14(11-9-13)17(23)22(4)5/h8-12H,6-7H2,1-5H3/b15-12+,21-16?. The van der Waals surface area contributed by atoms with Gasteiger partial charge in [0.15, 0.2) is 0 Å². The number of carbonyl (C=O) groups is 1. The first kappa shape index (κ1) is 19.0. The molecule has 0 unspecified atom stereocenters. The lowest BCUT2D eigenvalue weighted by molar-refractivity contribution is 0.0827. The van der Waals surface area contributed by atoms with Crippen molar-refractivity contribution in [1.29, 1.82) is 0 Å². The molecule has 23 heavy (non-hydrogen) atoms. The zero-order chi connectivity index (χ0) is 17.6. The van der Waals surface area contributed by atoms with E-state index in [1.807, 2.05) is 6.92 Å². The molecule has 0 saturated heterocycles. The molecule has 0 aliphatic carbocycles. The van der Waals surface area contributed by atoms with Crippen LogP contribution in [0.2, 0.25) is 0 Å². The monoisotopic (exact) mass is 322 g/mol. The van der Waals surface area contributed by atoms with Gasteiger partial charge in [0.2, 0.25) is 0 Å². The zero-order valence-electron chi connectivity index (χ0n) is 14.4. The fraction of sp³-hybridized carbons (Fsp3) is 0.444. The molecule has 3 nitrogen and oxygen atoms in total. The lowest BCUT2D eigenvalue weighted by Crippen LogP contribution is -2.23. The predicted molar refractivity (Wildman–Crippen MR) is 91.3 cm³/mol. The molecule has 0 aromatic heterocycles. The number of rotatable bonds is 6. The van der Waals surface area contributed by atoms with Gasteiger partial charge in [-0.25, -0.2) is 0 Å². The van der Waals surface area contributed by atoms with Gasteiger partial charge in [0, 0.05) is 33.6 Å². The molecular weight excluding hydrogens is 298 g/mol. The smallest absolute Gasteiger partial charge is 0.286 e. The Bertz CT molecular complexity index is 596.